The van der Waals surface area contributed by atoms with Crippen LogP contribution in [0.15, 0.2) is 23.3 Å². The molecule has 28 heavy (non-hydrogen) atoms. The van der Waals surface area contributed by atoms with Crippen LogP contribution in [0.3, 0.4) is 0 Å². The van der Waals surface area contributed by atoms with E-state index in [0.717, 1.165) is 19.4 Å². The van der Waals surface area contributed by atoms with E-state index in [1.165, 1.54) is 0 Å². The normalized spacial score (nSPS) is 19.6. The minimum atomic E-state index is -0.431. The van der Waals surface area contributed by atoms with E-state index in [9.17, 15) is 14.4 Å². The average Bonchev–Trinajstić information content (AvgIpc) is 2.99. The number of nitrogens with one attached hydrogen (secondary N) is 2. The molecule has 2 N–H and O–H groups in total. The lowest BCUT2D eigenvalue weighted by Crippen LogP contribution is -2.42. The molecule has 0 aliphatic carbocycles. The Morgan fingerprint density at radius 1 is 1.00 bits per heavy atom. The van der Waals surface area contributed by atoms with Gasteiger partial charge in [-0.2, -0.15) is 0 Å². The topological polar surface area (TPSA) is 78.5 Å². The molecule has 0 spiro atoms. The van der Waals surface area contributed by atoms with Crippen molar-refractivity contribution in [1.82, 2.24) is 15.5 Å². The predicted molar refractivity (Wildman–Crippen MR) is 113 cm³/mol. The summed E-state index contributed by atoms with van der Waals surface area (Å²) in [5.41, 5.74) is 0.726. The van der Waals surface area contributed by atoms with E-state index in [1.807, 2.05) is 52.5 Å². The number of likely N-dealkylation sites (tertiary alicyclic amines) is 1. The lowest BCUT2D eigenvalue weighted by atomic mass is 9.94. The van der Waals surface area contributed by atoms with Crippen molar-refractivity contribution in [3.8, 4) is 0 Å². The van der Waals surface area contributed by atoms with Crippen LogP contribution in [0.5, 0.6) is 0 Å². The third-order valence-corrected chi connectivity index (χ3v) is 4.64. The third-order valence-electron chi connectivity index (χ3n) is 4.64. The van der Waals surface area contributed by atoms with Crippen molar-refractivity contribution in [2.24, 2.45) is 5.41 Å². The maximum atomic E-state index is 12.6. The van der Waals surface area contributed by atoms with Gasteiger partial charge in [-0.3, -0.25) is 14.4 Å². The lowest BCUT2D eigenvalue weighted by Gasteiger charge is -2.29. The van der Waals surface area contributed by atoms with Crippen LogP contribution in [0.4, 0.5) is 0 Å². The molecule has 1 rings (SSSR count). The largest absolute Gasteiger partial charge is 0.350 e. The Morgan fingerprint density at radius 3 is 2.11 bits per heavy atom. The molecule has 1 heterocycles. The summed E-state index contributed by atoms with van der Waals surface area (Å²) < 4.78 is 0. The SMILES string of the molecule is C/C(=C/[C@@H]1CCCN1C(=O)C(C)(C)C)C(=O)N[C@@H](C)/C=C(\C)C(=O)NC(C)C. The van der Waals surface area contributed by atoms with Gasteiger partial charge in [-0.15, -0.1) is 0 Å². The first-order valence-corrected chi connectivity index (χ1v) is 10.1. The molecule has 1 fully saturated rings. The number of rotatable bonds is 6. The molecule has 1 aliphatic heterocycles. The van der Waals surface area contributed by atoms with Crippen LogP contribution in [0.2, 0.25) is 0 Å². The second-order valence-corrected chi connectivity index (χ2v) is 9.05. The van der Waals surface area contributed by atoms with Gasteiger partial charge in [0.25, 0.3) is 0 Å². The molecule has 2 atom stereocenters. The summed E-state index contributed by atoms with van der Waals surface area (Å²) in [7, 11) is 0. The van der Waals surface area contributed by atoms with Gasteiger partial charge in [0.05, 0.1) is 6.04 Å². The highest BCUT2D eigenvalue weighted by atomic mass is 16.2. The van der Waals surface area contributed by atoms with Crippen LogP contribution in [0.25, 0.3) is 0 Å². The number of carbonyl (C=O) groups excluding carboxylic acids is 3. The van der Waals surface area contributed by atoms with Gasteiger partial charge in [0.15, 0.2) is 0 Å². The molecule has 0 aromatic carbocycles. The Balaban J connectivity index is 2.75. The molecule has 6 heteroatoms. The molecule has 3 amide bonds. The van der Waals surface area contributed by atoms with Crippen molar-refractivity contribution in [1.29, 1.82) is 0 Å². The van der Waals surface area contributed by atoms with Gasteiger partial charge in [0.1, 0.15) is 0 Å². The standard InChI is InChI=1S/C22H37N3O3/c1-14(2)23-19(26)15(3)12-17(5)24-20(27)16(4)13-18-10-9-11-25(18)21(28)22(6,7)8/h12-14,17-18H,9-11H2,1-8H3,(H,23,26)(H,24,27)/b15-12+,16-13-/t17-,18-/m0/s1. The summed E-state index contributed by atoms with van der Waals surface area (Å²) >= 11 is 0. The summed E-state index contributed by atoms with van der Waals surface area (Å²) in [4.78, 5) is 39.0. The molecule has 0 radical (unpaired) electrons. The van der Waals surface area contributed by atoms with Crippen molar-refractivity contribution in [2.75, 3.05) is 6.54 Å². The van der Waals surface area contributed by atoms with E-state index in [4.69, 9.17) is 0 Å². The fraction of sp³-hybridized carbons (Fsp3) is 0.682. The quantitative estimate of drug-likeness (QED) is 0.683. The molecule has 6 nitrogen and oxygen atoms in total. The van der Waals surface area contributed by atoms with Crippen molar-refractivity contribution in [3.63, 3.8) is 0 Å². The minimum absolute atomic E-state index is 0.0399. The first-order valence-electron chi connectivity index (χ1n) is 10.1. The number of hydrogen-bond acceptors (Lipinski definition) is 3. The van der Waals surface area contributed by atoms with E-state index in [0.29, 0.717) is 11.1 Å². The lowest BCUT2D eigenvalue weighted by molar-refractivity contribution is -0.139. The summed E-state index contributed by atoms with van der Waals surface area (Å²) in [6.45, 7) is 15.6. The van der Waals surface area contributed by atoms with E-state index >= 15 is 0 Å². The minimum Gasteiger partial charge on any atom is -0.350 e. The summed E-state index contributed by atoms with van der Waals surface area (Å²) in [5, 5.41) is 5.73. The highest BCUT2D eigenvalue weighted by Gasteiger charge is 2.34. The molecular weight excluding hydrogens is 354 g/mol. The van der Waals surface area contributed by atoms with Gasteiger partial charge >= 0.3 is 0 Å². The first kappa shape index (κ1) is 23.9. The highest BCUT2D eigenvalue weighted by Crippen LogP contribution is 2.26. The van der Waals surface area contributed by atoms with E-state index < -0.39 is 5.41 Å². The van der Waals surface area contributed by atoms with Crippen LogP contribution in [0.1, 0.15) is 68.2 Å². The van der Waals surface area contributed by atoms with E-state index in [1.54, 1.807) is 19.9 Å². The molecule has 1 aliphatic rings. The van der Waals surface area contributed by atoms with Gasteiger partial charge in [-0.25, -0.2) is 0 Å². The number of hydrogen-bond donors (Lipinski definition) is 2. The molecular formula is C22H37N3O3. The summed E-state index contributed by atoms with van der Waals surface area (Å²) in [6.07, 6.45) is 5.45. The fourth-order valence-electron chi connectivity index (χ4n) is 3.20. The van der Waals surface area contributed by atoms with Crippen LogP contribution >= 0.6 is 0 Å². The monoisotopic (exact) mass is 391 g/mol. The Hall–Kier alpha value is -2.11. The molecule has 1 saturated heterocycles. The van der Waals surface area contributed by atoms with Crippen LogP contribution < -0.4 is 10.6 Å². The van der Waals surface area contributed by atoms with Crippen LogP contribution in [-0.4, -0.2) is 47.3 Å². The molecule has 0 unspecified atom stereocenters. The molecule has 158 valence electrons. The molecule has 0 aromatic heterocycles. The van der Waals surface area contributed by atoms with Gasteiger partial charge in [0, 0.05) is 35.2 Å². The predicted octanol–water partition coefficient (Wildman–Crippen LogP) is 2.95. The second kappa shape index (κ2) is 9.89. The van der Waals surface area contributed by atoms with Crippen molar-refractivity contribution in [2.45, 2.75) is 86.4 Å². The molecule has 0 aromatic rings. The smallest absolute Gasteiger partial charge is 0.247 e. The average molecular weight is 392 g/mol. The third kappa shape index (κ3) is 7.13. The maximum absolute atomic E-state index is 12.6. The zero-order valence-corrected chi connectivity index (χ0v) is 18.7. The van der Waals surface area contributed by atoms with Crippen molar-refractivity contribution in [3.05, 3.63) is 23.3 Å². The number of nitrogens with zero attached hydrogens (tertiary/aromatic N) is 1. The number of amides is 3. The Kier molecular flexibility index (Phi) is 8.46. The van der Waals surface area contributed by atoms with E-state index in [2.05, 4.69) is 10.6 Å². The molecule has 0 bridgehead atoms. The van der Waals surface area contributed by atoms with Gasteiger partial charge in [-0.1, -0.05) is 32.9 Å². The number of carbonyl (C=O) groups is 3. The second-order valence-electron chi connectivity index (χ2n) is 9.05. The maximum Gasteiger partial charge on any atom is 0.247 e. The van der Waals surface area contributed by atoms with Crippen LogP contribution in [-0.2, 0) is 14.4 Å². The molecule has 0 saturated carbocycles. The Bertz CT molecular complexity index is 656. The van der Waals surface area contributed by atoms with Gasteiger partial charge < -0.3 is 15.5 Å². The first-order chi connectivity index (χ1) is 12.8. The Labute approximate surface area is 169 Å². The summed E-state index contributed by atoms with van der Waals surface area (Å²) in [6, 6.07) is -0.248. The zero-order chi connectivity index (χ0) is 21.6. The van der Waals surface area contributed by atoms with Crippen molar-refractivity contribution < 1.29 is 14.4 Å². The highest BCUT2D eigenvalue weighted by molar-refractivity contribution is 5.94. The fourth-order valence-corrected chi connectivity index (χ4v) is 3.20. The zero-order valence-electron chi connectivity index (χ0n) is 18.7. The van der Waals surface area contributed by atoms with Gasteiger partial charge in [0.2, 0.25) is 17.7 Å². The van der Waals surface area contributed by atoms with Crippen molar-refractivity contribution >= 4 is 17.7 Å². The van der Waals surface area contributed by atoms with Gasteiger partial charge in [-0.05, 0) is 47.5 Å². The van der Waals surface area contributed by atoms with Crippen LogP contribution in [0, 0.1) is 5.41 Å². The Morgan fingerprint density at radius 2 is 1.57 bits per heavy atom. The summed E-state index contributed by atoms with van der Waals surface area (Å²) in [5.74, 6) is -0.205. The van der Waals surface area contributed by atoms with E-state index in [-0.39, 0.29) is 35.8 Å².